The minimum atomic E-state index is -0.501. The maximum atomic E-state index is 12.0. The first kappa shape index (κ1) is 17.4. The van der Waals surface area contributed by atoms with Gasteiger partial charge in [-0.05, 0) is 18.9 Å². The van der Waals surface area contributed by atoms with Crippen molar-refractivity contribution in [1.82, 2.24) is 10.6 Å². The average molecular weight is 316 g/mol. The van der Waals surface area contributed by atoms with E-state index in [2.05, 4.69) is 10.6 Å². The third-order valence-electron chi connectivity index (χ3n) is 3.36. The minimum absolute atomic E-state index is 0. The van der Waals surface area contributed by atoms with Crippen molar-refractivity contribution in [2.75, 3.05) is 6.54 Å². The molecule has 3 N–H and O–H groups in total. The number of aliphatic hydroxyl groups excluding tert-OH is 1. The van der Waals surface area contributed by atoms with Gasteiger partial charge in [0, 0.05) is 18.7 Å². The van der Waals surface area contributed by atoms with Gasteiger partial charge in [0.05, 0.1) is 23.1 Å². The van der Waals surface area contributed by atoms with Crippen molar-refractivity contribution >= 4 is 24.0 Å². The molecular weight excluding hydrogens is 298 g/mol. The van der Waals surface area contributed by atoms with Crippen molar-refractivity contribution in [2.45, 2.75) is 31.5 Å². The summed E-state index contributed by atoms with van der Waals surface area (Å²) in [6.07, 6.45) is -0.119. The number of rotatable bonds is 4. The highest BCUT2D eigenvalue weighted by atomic mass is 35.5. The van der Waals surface area contributed by atoms with Crippen LogP contribution in [0.2, 0.25) is 0 Å². The molecule has 0 bridgehead atoms. The Bertz CT molecular complexity index is 526. The SMILES string of the molecule is CC(NC(=O)C1CC(O)CN1)c1cccc([N+](=O)[O-])c1.Cl. The molecule has 0 saturated carbocycles. The molecule has 116 valence electrons. The number of aliphatic hydroxyl groups is 1. The molecule has 0 spiro atoms. The van der Waals surface area contributed by atoms with Crippen LogP contribution in [0.4, 0.5) is 5.69 Å². The van der Waals surface area contributed by atoms with Gasteiger partial charge in [0.1, 0.15) is 0 Å². The normalized spacial score (nSPS) is 22.2. The summed E-state index contributed by atoms with van der Waals surface area (Å²) < 4.78 is 0. The number of nitro groups is 1. The van der Waals surface area contributed by atoms with Crippen molar-refractivity contribution in [2.24, 2.45) is 0 Å². The number of β-amino-alcohol motifs (C(OH)–C–C–N with tert-alkyl or cyclic N) is 1. The standard InChI is InChI=1S/C13H17N3O4.ClH/c1-8(9-3-2-4-10(5-9)16(19)20)15-13(18)12-6-11(17)7-14-12;/h2-5,8,11-12,14,17H,6-7H2,1H3,(H,15,18);1H. The number of nitrogens with one attached hydrogen (secondary N) is 2. The number of nitrogens with zero attached hydrogens (tertiary/aromatic N) is 1. The molecule has 3 unspecified atom stereocenters. The van der Waals surface area contributed by atoms with Crippen molar-refractivity contribution in [3.05, 3.63) is 39.9 Å². The Morgan fingerprint density at radius 1 is 1.57 bits per heavy atom. The van der Waals surface area contributed by atoms with E-state index in [0.717, 1.165) is 0 Å². The van der Waals surface area contributed by atoms with Crippen LogP contribution in [0.25, 0.3) is 0 Å². The molecule has 8 heteroatoms. The molecule has 1 aromatic carbocycles. The predicted octanol–water partition coefficient (Wildman–Crippen LogP) is 0.917. The summed E-state index contributed by atoms with van der Waals surface area (Å²) in [6, 6.07) is 5.44. The molecule has 1 fully saturated rings. The van der Waals surface area contributed by atoms with Gasteiger partial charge in [0.15, 0.2) is 0 Å². The van der Waals surface area contributed by atoms with E-state index < -0.39 is 17.1 Å². The number of hydrogen-bond acceptors (Lipinski definition) is 5. The second kappa shape index (κ2) is 7.35. The molecule has 1 heterocycles. The average Bonchev–Trinajstić information content (AvgIpc) is 2.85. The molecule has 3 atom stereocenters. The molecule has 2 rings (SSSR count). The molecule has 1 aromatic rings. The van der Waals surface area contributed by atoms with Crippen molar-refractivity contribution in [3.63, 3.8) is 0 Å². The Hall–Kier alpha value is -1.70. The van der Waals surface area contributed by atoms with Gasteiger partial charge in [-0.2, -0.15) is 0 Å². The maximum absolute atomic E-state index is 12.0. The molecule has 0 aromatic heterocycles. The number of amides is 1. The summed E-state index contributed by atoms with van der Waals surface area (Å²) in [6.45, 7) is 2.17. The van der Waals surface area contributed by atoms with Crippen LogP contribution in [0.1, 0.15) is 24.9 Å². The van der Waals surface area contributed by atoms with E-state index in [1.807, 2.05) is 0 Å². The van der Waals surface area contributed by atoms with Crippen LogP contribution in [0, 0.1) is 10.1 Å². The van der Waals surface area contributed by atoms with Gasteiger partial charge < -0.3 is 15.7 Å². The summed E-state index contributed by atoms with van der Waals surface area (Å²) >= 11 is 0. The van der Waals surface area contributed by atoms with Crippen LogP contribution >= 0.6 is 12.4 Å². The highest BCUT2D eigenvalue weighted by molar-refractivity contribution is 5.85. The third-order valence-corrected chi connectivity index (χ3v) is 3.36. The van der Waals surface area contributed by atoms with Gasteiger partial charge in [-0.15, -0.1) is 12.4 Å². The fraction of sp³-hybridized carbons (Fsp3) is 0.462. The Morgan fingerprint density at radius 3 is 2.86 bits per heavy atom. The highest BCUT2D eigenvalue weighted by Crippen LogP contribution is 2.19. The predicted molar refractivity (Wildman–Crippen MR) is 79.3 cm³/mol. The lowest BCUT2D eigenvalue weighted by Crippen LogP contribution is -2.41. The first-order valence-corrected chi connectivity index (χ1v) is 6.43. The lowest BCUT2D eigenvalue weighted by atomic mass is 10.1. The Morgan fingerprint density at radius 2 is 2.29 bits per heavy atom. The number of halogens is 1. The van der Waals surface area contributed by atoms with Gasteiger partial charge >= 0.3 is 0 Å². The molecule has 0 aliphatic carbocycles. The van der Waals surface area contributed by atoms with Crippen LogP contribution in [0.3, 0.4) is 0 Å². The summed E-state index contributed by atoms with van der Waals surface area (Å²) in [4.78, 5) is 22.2. The summed E-state index contributed by atoms with van der Waals surface area (Å²) in [7, 11) is 0. The second-order valence-electron chi connectivity index (χ2n) is 4.93. The Labute approximate surface area is 128 Å². The molecule has 1 saturated heterocycles. The molecule has 21 heavy (non-hydrogen) atoms. The van der Waals surface area contributed by atoms with Gasteiger partial charge in [-0.1, -0.05) is 12.1 Å². The monoisotopic (exact) mass is 315 g/mol. The first-order chi connectivity index (χ1) is 9.47. The lowest BCUT2D eigenvalue weighted by Gasteiger charge is -2.17. The first-order valence-electron chi connectivity index (χ1n) is 6.43. The summed E-state index contributed by atoms with van der Waals surface area (Å²) in [5.74, 6) is -0.208. The van der Waals surface area contributed by atoms with Gasteiger partial charge in [0.2, 0.25) is 5.91 Å². The van der Waals surface area contributed by atoms with Gasteiger partial charge in [-0.3, -0.25) is 14.9 Å². The maximum Gasteiger partial charge on any atom is 0.269 e. The van der Waals surface area contributed by atoms with E-state index in [1.165, 1.54) is 12.1 Å². The topological polar surface area (TPSA) is 104 Å². The van der Waals surface area contributed by atoms with Crippen LogP contribution in [-0.4, -0.2) is 34.6 Å². The minimum Gasteiger partial charge on any atom is -0.392 e. The third kappa shape index (κ3) is 4.38. The van der Waals surface area contributed by atoms with Crippen LogP contribution in [0.15, 0.2) is 24.3 Å². The van der Waals surface area contributed by atoms with Crippen molar-refractivity contribution < 1.29 is 14.8 Å². The number of non-ortho nitro benzene ring substituents is 1. The lowest BCUT2D eigenvalue weighted by molar-refractivity contribution is -0.384. The zero-order valence-corrected chi connectivity index (χ0v) is 12.3. The molecule has 7 nitrogen and oxygen atoms in total. The van der Waals surface area contributed by atoms with Crippen molar-refractivity contribution in [1.29, 1.82) is 0 Å². The van der Waals surface area contributed by atoms with Crippen molar-refractivity contribution in [3.8, 4) is 0 Å². The molecule has 1 aliphatic heterocycles. The molecular formula is C13H18ClN3O4. The number of carbonyl (C=O) groups excluding carboxylic acids is 1. The van der Waals surface area contributed by atoms with E-state index in [0.29, 0.717) is 18.5 Å². The smallest absolute Gasteiger partial charge is 0.269 e. The quantitative estimate of drug-likeness (QED) is 0.566. The van der Waals surface area contributed by atoms with Crippen LogP contribution in [-0.2, 0) is 4.79 Å². The van der Waals surface area contributed by atoms with E-state index in [4.69, 9.17) is 0 Å². The van der Waals surface area contributed by atoms with E-state index >= 15 is 0 Å². The second-order valence-corrected chi connectivity index (χ2v) is 4.93. The molecule has 1 amide bonds. The summed E-state index contributed by atoms with van der Waals surface area (Å²) in [5.41, 5.74) is 0.670. The number of hydrogen-bond donors (Lipinski definition) is 3. The van der Waals surface area contributed by atoms with Crippen LogP contribution < -0.4 is 10.6 Å². The largest absolute Gasteiger partial charge is 0.392 e. The highest BCUT2D eigenvalue weighted by Gasteiger charge is 2.28. The molecule has 1 aliphatic rings. The van der Waals surface area contributed by atoms with E-state index in [-0.39, 0.29) is 30.0 Å². The van der Waals surface area contributed by atoms with Gasteiger partial charge in [-0.25, -0.2) is 0 Å². The summed E-state index contributed by atoms with van der Waals surface area (Å²) in [5, 5.41) is 25.8. The number of nitro benzene ring substituents is 1. The number of benzene rings is 1. The fourth-order valence-electron chi connectivity index (χ4n) is 2.22. The molecule has 0 radical (unpaired) electrons. The van der Waals surface area contributed by atoms with E-state index in [9.17, 15) is 20.0 Å². The van der Waals surface area contributed by atoms with Gasteiger partial charge in [0.25, 0.3) is 5.69 Å². The van der Waals surface area contributed by atoms with E-state index in [1.54, 1.807) is 19.1 Å². The fourth-order valence-corrected chi connectivity index (χ4v) is 2.22. The Kier molecular flexibility index (Phi) is 6.07. The zero-order chi connectivity index (χ0) is 14.7. The number of carbonyl (C=O) groups is 1. The Balaban J connectivity index is 0.00000220. The zero-order valence-electron chi connectivity index (χ0n) is 11.5. The van der Waals surface area contributed by atoms with Crippen LogP contribution in [0.5, 0.6) is 0 Å².